The van der Waals surface area contributed by atoms with Crippen LogP contribution in [0.15, 0.2) is 47.6 Å². The molecule has 0 aliphatic carbocycles. The van der Waals surface area contributed by atoms with Crippen molar-refractivity contribution < 1.29 is 9.90 Å². The van der Waals surface area contributed by atoms with Crippen LogP contribution in [0.25, 0.3) is 0 Å². The van der Waals surface area contributed by atoms with E-state index in [0.717, 1.165) is 16.9 Å². The zero-order valence-electron chi connectivity index (χ0n) is 11.1. The number of rotatable bonds is 2. The number of aliphatic hydroxyl groups excluding tert-OH is 1. The lowest BCUT2D eigenvalue weighted by Crippen LogP contribution is -2.37. The standard InChI is InChI=1S/C15H16N2O2S/c1-2-11-13(15(19)17-9-5-8-16-17)14(18)10-6-3-4-7-12(10)20-11/h3-9,11,13-14,18H,2H2,1H3/t11-,13-,14-/m1/s1. The molecule has 1 aromatic heterocycles. The molecule has 104 valence electrons. The van der Waals surface area contributed by atoms with E-state index in [-0.39, 0.29) is 11.2 Å². The molecule has 0 amide bonds. The molecular weight excluding hydrogens is 272 g/mol. The summed E-state index contributed by atoms with van der Waals surface area (Å²) in [7, 11) is 0. The normalized spacial score (nSPS) is 25.2. The van der Waals surface area contributed by atoms with Gasteiger partial charge in [0.1, 0.15) is 0 Å². The maximum atomic E-state index is 12.6. The molecule has 0 fully saturated rings. The third-order valence-electron chi connectivity index (χ3n) is 3.67. The van der Waals surface area contributed by atoms with Crippen LogP contribution in [0.3, 0.4) is 0 Å². The van der Waals surface area contributed by atoms with Gasteiger partial charge < -0.3 is 5.11 Å². The molecule has 1 aromatic carbocycles. The molecule has 0 saturated heterocycles. The Labute approximate surface area is 121 Å². The molecule has 0 saturated carbocycles. The first kappa shape index (κ1) is 13.4. The SMILES string of the molecule is CC[C@H]1Sc2ccccc2[C@@H](O)[C@@H]1C(=O)n1cccn1. The molecular formula is C15H16N2O2S. The molecule has 0 spiro atoms. The fourth-order valence-corrected chi connectivity index (χ4v) is 4.04. The molecule has 1 aliphatic rings. The molecule has 4 nitrogen and oxygen atoms in total. The van der Waals surface area contributed by atoms with Crippen molar-refractivity contribution in [2.24, 2.45) is 5.92 Å². The smallest absolute Gasteiger partial charge is 0.254 e. The number of nitrogens with zero attached hydrogens (tertiary/aromatic N) is 2. The minimum absolute atomic E-state index is 0.0663. The molecule has 3 atom stereocenters. The van der Waals surface area contributed by atoms with Crippen molar-refractivity contribution in [1.29, 1.82) is 0 Å². The van der Waals surface area contributed by atoms with Crippen LogP contribution in [0.1, 0.15) is 29.8 Å². The summed E-state index contributed by atoms with van der Waals surface area (Å²) >= 11 is 1.67. The molecule has 1 N–H and O–H groups in total. The van der Waals surface area contributed by atoms with Crippen LogP contribution in [0.5, 0.6) is 0 Å². The van der Waals surface area contributed by atoms with Crippen LogP contribution in [0, 0.1) is 5.92 Å². The van der Waals surface area contributed by atoms with Crippen molar-refractivity contribution in [3.8, 4) is 0 Å². The Morgan fingerprint density at radius 3 is 2.90 bits per heavy atom. The van der Waals surface area contributed by atoms with Crippen molar-refractivity contribution in [3.05, 3.63) is 48.3 Å². The third-order valence-corrected chi connectivity index (χ3v) is 5.23. The van der Waals surface area contributed by atoms with Gasteiger partial charge in [-0.3, -0.25) is 4.79 Å². The summed E-state index contributed by atoms with van der Waals surface area (Å²) in [6, 6.07) is 9.46. The number of benzene rings is 1. The average molecular weight is 288 g/mol. The van der Waals surface area contributed by atoms with E-state index in [1.807, 2.05) is 31.2 Å². The van der Waals surface area contributed by atoms with Crippen LogP contribution < -0.4 is 0 Å². The molecule has 5 heteroatoms. The van der Waals surface area contributed by atoms with Gasteiger partial charge in [0.05, 0.1) is 12.0 Å². The summed E-state index contributed by atoms with van der Waals surface area (Å²) in [6.07, 6.45) is 3.27. The van der Waals surface area contributed by atoms with E-state index in [4.69, 9.17) is 0 Å². The van der Waals surface area contributed by atoms with Gasteiger partial charge in [0.2, 0.25) is 0 Å². The summed E-state index contributed by atoms with van der Waals surface area (Å²) in [5.74, 6) is -0.601. The number of hydrogen-bond acceptors (Lipinski definition) is 4. The number of hydrogen-bond donors (Lipinski definition) is 1. The van der Waals surface area contributed by atoms with Gasteiger partial charge >= 0.3 is 0 Å². The Balaban J connectivity index is 1.99. The van der Waals surface area contributed by atoms with Gasteiger partial charge in [0.15, 0.2) is 0 Å². The van der Waals surface area contributed by atoms with Crippen molar-refractivity contribution in [3.63, 3.8) is 0 Å². The lowest BCUT2D eigenvalue weighted by atomic mass is 9.90. The molecule has 0 bridgehead atoms. The second-order valence-corrected chi connectivity index (χ2v) is 6.14. The molecule has 2 heterocycles. The zero-order valence-corrected chi connectivity index (χ0v) is 12.0. The molecule has 0 radical (unpaired) electrons. The molecule has 0 unspecified atom stereocenters. The summed E-state index contributed by atoms with van der Waals surface area (Å²) in [5, 5.41) is 14.7. The first-order valence-electron chi connectivity index (χ1n) is 6.70. The monoisotopic (exact) mass is 288 g/mol. The number of aromatic nitrogens is 2. The zero-order chi connectivity index (χ0) is 14.1. The highest BCUT2D eigenvalue weighted by molar-refractivity contribution is 8.00. The topological polar surface area (TPSA) is 55.1 Å². The van der Waals surface area contributed by atoms with Gasteiger partial charge in [-0.05, 0) is 24.1 Å². The molecule has 3 rings (SSSR count). The Morgan fingerprint density at radius 1 is 1.40 bits per heavy atom. The predicted molar refractivity (Wildman–Crippen MR) is 77.7 cm³/mol. The average Bonchev–Trinajstić information content (AvgIpc) is 3.00. The van der Waals surface area contributed by atoms with E-state index < -0.39 is 12.0 Å². The summed E-state index contributed by atoms with van der Waals surface area (Å²) < 4.78 is 1.32. The molecule has 2 aromatic rings. The van der Waals surface area contributed by atoms with Gasteiger partial charge in [-0.25, -0.2) is 4.68 Å². The van der Waals surface area contributed by atoms with Crippen molar-refractivity contribution >= 4 is 17.7 Å². The largest absolute Gasteiger partial charge is 0.387 e. The van der Waals surface area contributed by atoms with Gasteiger partial charge in [-0.15, -0.1) is 11.8 Å². The highest BCUT2D eigenvalue weighted by Crippen LogP contribution is 2.45. The summed E-state index contributed by atoms with van der Waals surface area (Å²) in [5.41, 5.74) is 0.840. The quantitative estimate of drug-likeness (QED) is 0.923. The van der Waals surface area contributed by atoms with E-state index >= 15 is 0 Å². The molecule has 20 heavy (non-hydrogen) atoms. The number of fused-ring (bicyclic) bond motifs is 1. The maximum Gasteiger partial charge on any atom is 0.254 e. The lowest BCUT2D eigenvalue weighted by Gasteiger charge is -2.34. The van der Waals surface area contributed by atoms with Gasteiger partial charge in [0.25, 0.3) is 5.91 Å². The number of aliphatic hydroxyl groups is 1. The third kappa shape index (κ3) is 2.17. The number of thioether (sulfide) groups is 1. The second kappa shape index (κ2) is 5.42. The van der Waals surface area contributed by atoms with Gasteiger partial charge in [-0.1, -0.05) is 25.1 Å². The summed E-state index contributed by atoms with van der Waals surface area (Å²) in [6.45, 7) is 2.04. The summed E-state index contributed by atoms with van der Waals surface area (Å²) in [4.78, 5) is 13.6. The Morgan fingerprint density at radius 2 is 2.20 bits per heavy atom. The molecule has 1 aliphatic heterocycles. The van der Waals surface area contributed by atoms with Gasteiger partial charge in [0, 0.05) is 22.5 Å². The highest BCUT2D eigenvalue weighted by Gasteiger charge is 2.40. The first-order chi connectivity index (χ1) is 9.72. The van der Waals surface area contributed by atoms with E-state index in [2.05, 4.69) is 5.10 Å². The van der Waals surface area contributed by atoms with E-state index in [0.29, 0.717) is 0 Å². The van der Waals surface area contributed by atoms with Crippen molar-refractivity contribution in [2.45, 2.75) is 29.6 Å². The highest BCUT2D eigenvalue weighted by atomic mass is 32.2. The maximum absolute atomic E-state index is 12.6. The van der Waals surface area contributed by atoms with Crippen LogP contribution in [-0.4, -0.2) is 26.0 Å². The Bertz CT molecular complexity index is 612. The predicted octanol–water partition coefficient (Wildman–Crippen LogP) is 2.76. The van der Waals surface area contributed by atoms with Crippen LogP contribution in [0.2, 0.25) is 0 Å². The fourth-order valence-electron chi connectivity index (χ4n) is 2.65. The van der Waals surface area contributed by atoms with Crippen LogP contribution in [0.4, 0.5) is 0 Å². The van der Waals surface area contributed by atoms with Gasteiger partial charge in [-0.2, -0.15) is 5.10 Å². The minimum Gasteiger partial charge on any atom is -0.387 e. The van der Waals surface area contributed by atoms with E-state index in [1.165, 1.54) is 4.68 Å². The Hall–Kier alpha value is -1.59. The minimum atomic E-state index is -0.769. The van der Waals surface area contributed by atoms with Crippen molar-refractivity contribution in [1.82, 2.24) is 9.78 Å². The van der Waals surface area contributed by atoms with E-state index in [9.17, 15) is 9.90 Å². The Kier molecular flexibility index (Phi) is 3.63. The second-order valence-electron chi connectivity index (χ2n) is 4.86. The van der Waals surface area contributed by atoms with Crippen molar-refractivity contribution in [2.75, 3.05) is 0 Å². The van der Waals surface area contributed by atoms with Crippen LogP contribution in [-0.2, 0) is 0 Å². The fraction of sp³-hybridized carbons (Fsp3) is 0.333. The van der Waals surface area contributed by atoms with Crippen LogP contribution >= 0.6 is 11.8 Å². The number of carbonyl (C=O) groups excluding carboxylic acids is 1. The van der Waals surface area contributed by atoms with E-state index in [1.54, 1.807) is 30.2 Å². The first-order valence-corrected chi connectivity index (χ1v) is 7.58. The number of carbonyl (C=O) groups is 1. The lowest BCUT2D eigenvalue weighted by molar-refractivity contribution is 0.0551.